The van der Waals surface area contributed by atoms with Crippen molar-refractivity contribution in [2.45, 2.75) is 104 Å². The van der Waals surface area contributed by atoms with Gasteiger partial charge in [0.2, 0.25) is 0 Å². The number of hydrogen-bond donors (Lipinski definition) is 0. The molecule has 0 saturated carbocycles. The molecule has 10 rings (SSSR count). The van der Waals surface area contributed by atoms with E-state index in [-0.39, 0.29) is 11.1 Å². The fraction of sp³-hybridized carbons (Fsp3) is 0.333. The van der Waals surface area contributed by atoms with E-state index in [2.05, 4.69) is 86.6 Å². The second-order valence-corrected chi connectivity index (χ2v) is 18.9. The lowest BCUT2D eigenvalue weighted by Gasteiger charge is -2.05. The Morgan fingerprint density at radius 2 is 0.895 bits per heavy atom. The Balaban J connectivity index is 0.972. The van der Waals surface area contributed by atoms with Gasteiger partial charge in [-0.05, 0) is 72.2 Å². The number of pyridine rings is 2. The van der Waals surface area contributed by atoms with Crippen LogP contribution in [0.15, 0.2) is 82.4 Å². The van der Waals surface area contributed by atoms with Gasteiger partial charge in [-0.1, -0.05) is 127 Å². The van der Waals surface area contributed by atoms with Crippen LogP contribution in [0.3, 0.4) is 0 Å². The first-order valence-electron chi connectivity index (χ1n) is 20.9. The van der Waals surface area contributed by atoms with Crippen LogP contribution in [0.1, 0.15) is 102 Å². The summed E-state index contributed by atoms with van der Waals surface area (Å²) in [6, 6.07) is 26.1. The standard InChI is InChI=1S/C48H46N4O2S3/c1-3-5-7-9-11-13-15-29-17-21-31(22-18-29)37-27-35-45(55-37)49-43-33-25-26-34-40-39(33)41(47(53)51(35)43)57-42(40)48(54)52-36-28-38(56-46(36)50-44(34)52)32-23-19-30(20-24-32)16-14-12-10-8-6-4-2/h17-28H,3-16H2,1-2H3. The van der Waals surface area contributed by atoms with Gasteiger partial charge in [0.25, 0.3) is 11.1 Å². The molecule has 0 aliphatic rings. The van der Waals surface area contributed by atoms with Crippen LogP contribution in [0.5, 0.6) is 0 Å². The molecule has 10 aromatic rings. The number of benzene rings is 3. The van der Waals surface area contributed by atoms with Gasteiger partial charge in [0.05, 0.1) is 11.0 Å². The minimum absolute atomic E-state index is 0.118. The Kier molecular flexibility index (Phi) is 9.79. The number of thiophene rings is 3. The third-order valence-corrected chi connectivity index (χ3v) is 15.3. The summed E-state index contributed by atoms with van der Waals surface area (Å²) in [6.07, 6.45) is 17.8. The van der Waals surface area contributed by atoms with Gasteiger partial charge in [0, 0.05) is 31.3 Å². The van der Waals surface area contributed by atoms with E-state index >= 15 is 0 Å². The smallest absolute Gasteiger partial charge is 0.267 e. The zero-order valence-electron chi connectivity index (χ0n) is 32.7. The molecule has 0 spiro atoms. The number of nitrogens with zero attached hydrogens (tertiary/aromatic N) is 4. The fourth-order valence-corrected chi connectivity index (χ4v) is 12.1. The minimum atomic E-state index is -0.118. The van der Waals surface area contributed by atoms with Crippen LogP contribution >= 0.6 is 34.0 Å². The van der Waals surface area contributed by atoms with Crippen molar-refractivity contribution in [2.24, 2.45) is 0 Å². The summed E-state index contributed by atoms with van der Waals surface area (Å²) >= 11 is 4.57. The molecule has 0 radical (unpaired) electrons. The van der Waals surface area contributed by atoms with Crippen LogP contribution in [0, 0.1) is 0 Å². The van der Waals surface area contributed by atoms with E-state index in [1.54, 1.807) is 31.5 Å². The number of imidazole rings is 2. The fourth-order valence-electron chi connectivity index (χ4n) is 8.85. The van der Waals surface area contributed by atoms with E-state index in [4.69, 9.17) is 9.97 Å². The Morgan fingerprint density at radius 3 is 1.32 bits per heavy atom. The highest BCUT2D eigenvalue weighted by Crippen LogP contribution is 2.43. The van der Waals surface area contributed by atoms with Crippen molar-refractivity contribution in [1.82, 2.24) is 18.8 Å². The highest BCUT2D eigenvalue weighted by Gasteiger charge is 2.26. The van der Waals surface area contributed by atoms with Crippen molar-refractivity contribution in [3.05, 3.63) is 105 Å². The molecular weight excluding hydrogens is 761 g/mol. The topological polar surface area (TPSA) is 68.7 Å². The van der Waals surface area contributed by atoms with Crippen LogP contribution in [-0.2, 0) is 12.8 Å². The average Bonchev–Trinajstić information content (AvgIpc) is 4.06. The Bertz CT molecular complexity index is 2940. The van der Waals surface area contributed by atoms with Gasteiger partial charge in [0.15, 0.2) is 0 Å². The Morgan fingerprint density at radius 1 is 0.491 bits per heavy atom. The average molecular weight is 807 g/mol. The molecule has 0 fully saturated rings. The lowest BCUT2D eigenvalue weighted by molar-refractivity contribution is 0.607. The molecule has 288 valence electrons. The zero-order chi connectivity index (χ0) is 38.6. The van der Waals surface area contributed by atoms with Gasteiger partial charge in [-0.25, -0.2) is 9.97 Å². The number of aromatic nitrogens is 4. The molecule has 57 heavy (non-hydrogen) atoms. The Hall–Kier alpha value is -4.70. The predicted molar refractivity (Wildman–Crippen MR) is 245 cm³/mol. The lowest BCUT2D eigenvalue weighted by atomic mass is 10.0. The molecule has 0 bridgehead atoms. The molecular formula is C48H46N4O2S3. The molecule has 0 unspecified atom stereocenters. The SMILES string of the molecule is CCCCCCCCc1ccc(-c2cc3c(nc4c5ccc6c7c(sc(c(=O)n34)c57)c(=O)n3c4cc(-c5ccc(CCCCCCCC)cc5)sc4nc63)s2)cc1. The van der Waals surface area contributed by atoms with Crippen molar-refractivity contribution in [1.29, 1.82) is 0 Å². The van der Waals surface area contributed by atoms with Crippen LogP contribution < -0.4 is 11.1 Å². The van der Waals surface area contributed by atoms with E-state index in [0.29, 0.717) is 20.7 Å². The number of unbranched alkanes of at least 4 members (excludes halogenated alkanes) is 10. The first kappa shape index (κ1) is 36.6. The molecule has 7 aromatic heterocycles. The predicted octanol–water partition coefficient (Wildman–Crippen LogP) is 13.7. The van der Waals surface area contributed by atoms with Crippen molar-refractivity contribution in [2.75, 3.05) is 0 Å². The zero-order valence-corrected chi connectivity index (χ0v) is 35.1. The van der Waals surface area contributed by atoms with Crippen molar-refractivity contribution in [3.63, 3.8) is 0 Å². The van der Waals surface area contributed by atoms with Gasteiger partial charge in [-0.2, -0.15) is 0 Å². The van der Waals surface area contributed by atoms with Crippen molar-refractivity contribution >= 4 is 96.9 Å². The highest BCUT2D eigenvalue weighted by molar-refractivity contribution is 7.26. The summed E-state index contributed by atoms with van der Waals surface area (Å²) in [5.41, 5.74) is 7.73. The Labute approximate surface area is 343 Å². The quantitative estimate of drug-likeness (QED) is 0.0720. The molecule has 0 aliphatic carbocycles. The lowest BCUT2D eigenvalue weighted by Crippen LogP contribution is -2.12. The molecule has 3 aromatic carbocycles. The monoisotopic (exact) mass is 806 g/mol. The first-order chi connectivity index (χ1) is 28.0. The van der Waals surface area contributed by atoms with Crippen LogP contribution in [0.4, 0.5) is 0 Å². The number of hydrogen-bond acceptors (Lipinski definition) is 7. The minimum Gasteiger partial charge on any atom is -0.267 e. The summed E-state index contributed by atoms with van der Waals surface area (Å²) in [6.45, 7) is 4.52. The molecule has 0 saturated heterocycles. The van der Waals surface area contributed by atoms with Crippen molar-refractivity contribution < 1.29 is 0 Å². The molecule has 9 heteroatoms. The molecule has 0 N–H and O–H groups in total. The summed E-state index contributed by atoms with van der Waals surface area (Å²) in [4.78, 5) is 42.9. The normalized spacial score (nSPS) is 12.5. The van der Waals surface area contributed by atoms with E-state index in [9.17, 15) is 9.59 Å². The first-order valence-corrected chi connectivity index (χ1v) is 23.4. The number of aryl methyl sites for hydroxylation is 2. The second kappa shape index (κ2) is 15.2. The van der Waals surface area contributed by atoms with Gasteiger partial charge in [0.1, 0.15) is 30.4 Å². The molecule has 0 amide bonds. The maximum atomic E-state index is 14.4. The molecule has 7 heterocycles. The number of rotatable bonds is 16. The van der Waals surface area contributed by atoms with Crippen LogP contribution in [0.2, 0.25) is 0 Å². The van der Waals surface area contributed by atoms with E-state index in [1.165, 1.54) is 99.5 Å². The maximum Gasteiger partial charge on any atom is 0.274 e. The second-order valence-electron chi connectivity index (χ2n) is 15.9. The third kappa shape index (κ3) is 6.33. The van der Waals surface area contributed by atoms with E-state index in [0.717, 1.165) is 76.0 Å². The summed E-state index contributed by atoms with van der Waals surface area (Å²) in [5, 5.41) is 3.45. The van der Waals surface area contributed by atoms with Gasteiger partial charge in [-0.3, -0.25) is 18.4 Å². The third-order valence-electron chi connectivity index (χ3n) is 12.0. The van der Waals surface area contributed by atoms with E-state index in [1.807, 2.05) is 0 Å². The van der Waals surface area contributed by atoms with Gasteiger partial charge < -0.3 is 0 Å². The van der Waals surface area contributed by atoms with Crippen LogP contribution in [0.25, 0.3) is 83.8 Å². The largest absolute Gasteiger partial charge is 0.274 e. The number of fused-ring (bicyclic) bond motifs is 8. The van der Waals surface area contributed by atoms with Gasteiger partial charge in [-0.15, -0.1) is 34.0 Å². The highest BCUT2D eigenvalue weighted by atomic mass is 32.1. The maximum absolute atomic E-state index is 14.4. The van der Waals surface area contributed by atoms with Crippen molar-refractivity contribution in [3.8, 4) is 20.9 Å². The van der Waals surface area contributed by atoms with Crippen LogP contribution in [-0.4, -0.2) is 18.8 Å². The summed E-state index contributed by atoms with van der Waals surface area (Å²) < 4.78 is 4.72. The summed E-state index contributed by atoms with van der Waals surface area (Å²) in [7, 11) is 0. The van der Waals surface area contributed by atoms with E-state index < -0.39 is 0 Å². The molecule has 0 atom stereocenters. The van der Waals surface area contributed by atoms with Gasteiger partial charge >= 0.3 is 0 Å². The molecule has 0 aliphatic heterocycles. The summed E-state index contributed by atoms with van der Waals surface area (Å²) in [5.74, 6) is 0. The molecule has 6 nitrogen and oxygen atoms in total.